The average molecular weight is 440 g/mol. The van der Waals surface area contributed by atoms with Crippen LogP contribution < -0.4 is 4.74 Å². The van der Waals surface area contributed by atoms with Gasteiger partial charge in [-0.2, -0.15) is 5.26 Å². The van der Waals surface area contributed by atoms with E-state index in [0.29, 0.717) is 36.7 Å². The Hall–Kier alpha value is -2.55. The predicted molar refractivity (Wildman–Crippen MR) is 124 cm³/mol. The zero-order valence-corrected chi connectivity index (χ0v) is 19.3. The molecule has 1 saturated heterocycles. The molecule has 3 rings (SSSR count). The van der Waals surface area contributed by atoms with Gasteiger partial charge in [-0.25, -0.2) is 0 Å². The van der Waals surface area contributed by atoms with Crippen molar-refractivity contribution in [3.63, 3.8) is 0 Å². The van der Waals surface area contributed by atoms with Gasteiger partial charge >= 0.3 is 0 Å². The molecule has 1 aliphatic heterocycles. The van der Waals surface area contributed by atoms with E-state index in [4.69, 9.17) is 21.6 Å². The highest BCUT2D eigenvalue weighted by atomic mass is 35.5. The van der Waals surface area contributed by atoms with E-state index in [0.717, 1.165) is 30.8 Å². The molecule has 6 heteroatoms. The van der Waals surface area contributed by atoms with Crippen molar-refractivity contribution >= 4 is 17.5 Å². The smallest absolute Gasteiger partial charge is 0.253 e. The molecule has 31 heavy (non-hydrogen) atoms. The highest BCUT2D eigenvalue weighted by molar-refractivity contribution is 6.30. The van der Waals surface area contributed by atoms with E-state index in [1.807, 2.05) is 11.0 Å². The van der Waals surface area contributed by atoms with Crippen LogP contribution in [-0.2, 0) is 0 Å². The lowest BCUT2D eigenvalue weighted by atomic mass is 9.96. The Kier molecular flexibility index (Phi) is 7.95. The third kappa shape index (κ3) is 5.58. The van der Waals surface area contributed by atoms with Crippen LogP contribution in [0.25, 0.3) is 0 Å². The summed E-state index contributed by atoms with van der Waals surface area (Å²) in [7, 11) is 0. The zero-order valence-electron chi connectivity index (χ0n) is 18.5. The number of amides is 1. The van der Waals surface area contributed by atoms with E-state index in [9.17, 15) is 4.79 Å². The second-order valence-electron chi connectivity index (χ2n) is 8.02. The van der Waals surface area contributed by atoms with Crippen LogP contribution >= 0.6 is 11.6 Å². The second kappa shape index (κ2) is 10.7. The standard InChI is InChI=1S/C25H30ClN3O2/c1-18-19(2)24(31-17-5-4-12-27)11-10-23(18)20(3)28-13-15-29(16-14-28)25(30)21-6-8-22(26)9-7-21/h6-11,20H,4-5,13-17H2,1-3H3. The first-order chi connectivity index (χ1) is 14.9. The molecule has 2 aromatic carbocycles. The highest BCUT2D eigenvalue weighted by Crippen LogP contribution is 2.31. The fourth-order valence-electron chi connectivity index (χ4n) is 4.04. The molecule has 0 aromatic heterocycles. The molecule has 1 atom stereocenters. The van der Waals surface area contributed by atoms with E-state index in [2.05, 4.69) is 37.8 Å². The highest BCUT2D eigenvalue weighted by Gasteiger charge is 2.26. The number of halogens is 1. The largest absolute Gasteiger partial charge is 0.493 e. The number of ether oxygens (including phenoxy) is 1. The summed E-state index contributed by atoms with van der Waals surface area (Å²) in [5, 5.41) is 9.30. The molecular weight excluding hydrogens is 410 g/mol. The number of unbranched alkanes of at least 4 members (excludes halogenated alkanes) is 1. The van der Waals surface area contributed by atoms with Gasteiger partial charge in [0, 0.05) is 49.2 Å². The third-order valence-electron chi connectivity index (χ3n) is 6.16. The molecule has 0 bridgehead atoms. The van der Waals surface area contributed by atoms with Gasteiger partial charge in [-0.05, 0) is 74.2 Å². The van der Waals surface area contributed by atoms with Crippen LogP contribution in [0.1, 0.15) is 52.9 Å². The molecular formula is C25H30ClN3O2. The lowest BCUT2D eigenvalue weighted by Gasteiger charge is -2.39. The molecule has 0 aliphatic carbocycles. The van der Waals surface area contributed by atoms with E-state index in [1.165, 1.54) is 11.1 Å². The quantitative estimate of drug-likeness (QED) is 0.559. The number of nitriles is 1. The normalized spacial score (nSPS) is 15.4. The van der Waals surface area contributed by atoms with Gasteiger partial charge in [0.05, 0.1) is 12.7 Å². The van der Waals surface area contributed by atoms with Crippen LogP contribution in [0.2, 0.25) is 5.02 Å². The number of benzene rings is 2. The lowest BCUT2D eigenvalue weighted by molar-refractivity contribution is 0.0581. The van der Waals surface area contributed by atoms with Crippen LogP contribution in [0, 0.1) is 25.2 Å². The van der Waals surface area contributed by atoms with Crippen LogP contribution in [0.5, 0.6) is 5.75 Å². The number of piperazine rings is 1. The van der Waals surface area contributed by atoms with Crippen molar-refractivity contribution in [1.29, 1.82) is 5.26 Å². The summed E-state index contributed by atoms with van der Waals surface area (Å²) in [6.07, 6.45) is 1.26. The van der Waals surface area contributed by atoms with Gasteiger partial charge in [-0.15, -0.1) is 0 Å². The summed E-state index contributed by atoms with van der Waals surface area (Å²) in [6.45, 7) is 10.1. The van der Waals surface area contributed by atoms with Gasteiger partial charge in [0.25, 0.3) is 5.91 Å². The number of nitrogens with zero attached hydrogens (tertiary/aromatic N) is 3. The van der Waals surface area contributed by atoms with Gasteiger partial charge in [0.2, 0.25) is 0 Å². The van der Waals surface area contributed by atoms with E-state index in [1.54, 1.807) is 24.3 Å². The van der Waals surface area contributed by atoms with Gasteiger partial charge in [-0.3, -0.25) is 9.69 Å². The first-order valence-electron chi connectivity index (χ1n) is 10.8. The topological polar surface area (TPSA) is 56.6 Å². The van der Waals surface area contributed by atoms with Crippen LogP contribution in [0.3, 0.4) is 0 Å². The average Bonchev–Trinajstić information content (AvgIpc) is 2.79. The Morgan fingerprint density at radius 1 is 1.10 bits per heavy atom. The minimum atomic E-state index is 0.0638. The summed E-state index contributed by atoms with van der Waals surface area (Å²) in [4.78, 5) is 17.1. The Morgan fingerprint density at radius 2 is 1.77 bits per heavy atom. The van der Waals surface area contributed by atoms with Gasteiger partial charge in [0.15, 0.2) is 0 Å². The van der Waals surface area contributed by atoms with Crippen molar-refractivity contribution in [2.24, 2.45) is 0 Å². The lowest BCUT2D eigenvalue weighted by Crippen LogP contribution is -2.49. The minimum Gasteiger partial charge on any atom is -0.493 e. The Labute approximate surface area is 190 Å². The van der Waals surface area contributed by atoms with Gasteiger partial charge < -0.3 is 9.64 Å². The summed E-state index contributed by atoms with van der Waals surface area (Å²) < 4.78 is 5.87. The van der Waals surface area contributed by atoms with Crippen molar-refractivity contribution in [2.75, 3.05) is 32.8 Å². The van der Waals surface area contributed by atoms with Crippen LogP contribution in [0.4, 0.5) is 0 Å². The molecule has 0 radical (unpaired) electrons. The first-order valence-corrected chi connectivity index (χ1v) is 11.2. The van der Waals surface area contributed by atoms with Crippen LogP contribution in [0.15, 0.2) is 36.4 Å². The van der Waals surface area contributed by atoms with Crippen LogP contribution in [-0.4, -0.2) is 48.5 Å². The molecule has 1 amide bonds. The number of carbonyl (C=O) groups excluding carboxylic acids is 1. The maximum atomic E-state index is 12.8. The Morgan fingerprint density at radius 3 is 2.42 bits per heavy atom. The number of hydrogen-bond acceptors (Lipinski definition) is 4. The predicted octanol–water partition coefficient (Wildman–Crippen LogP) is 5.16. The minimum absolute atomic E-state index is 0.0638. The molecule has 1 aliphatic rings. The van der Waals surface area contributed by atoms with Crippen molar-refractivity contribution < 1.29 is 9.53 Å². The molecule has 1 heterocycles. The first kappa shape index (κ1) is 23.1. The van der Waals surface area contributed by atoms with E-state index in [-0.39, 0.29) is 11.9 Å². The zero-order chi connectivity index (χ0) is 22.4. The SMILES string of the molecule is Cc1c(OCCCC#N)ccc(C(C)N2CCN(C(=O)c3ccc(Cl)cc3)CC2)c1C. The van der Waals surface area contributed by atoms with Crippen molar-refractivity contribution in [1.82, 2.24) is 9.80 Å². The van der Waals surface area contributed by atoms with E-state index >= 15 is 0 Å². The number of carbonyl (C=O) groups is 1. The molecule has 0 spiro atoms. The monoisotopic (exact) mass is 439 g/mol. The summed E-state index contributed by atoms with van der Waals surface area (Å²) in [6, 6.07) is 13.7. The fraction of sp³-hybridized carbons (Fsp3) is 0.440. The number of hydrogen-bond donors (Lipinski definition) is 0. The summed E-state index contributed by atoms with van der Waals surface area (Å²) in [5.74, 6) is 0.957. The third-order valence-corrected chi connectivity index (χ3v) is 6.41. The second-order valence-corrected chi connectivity index (χ2v) is 8.46. The van der Waals surface area contributed by atoms with Gasteiger partial charge in [-0.1, -0.05) is 17.7 Å². The molecule has 0 saturated carbocycles. The van der Waals surface area contributed by atoms with E-state index < -0.39 is 0 Å². The summed E-state index contributed by atoms with van der Waals surface area (Å²) in [5.41, 5.74) is 4.37. The van der Waals surface area contributed by atoms with Crippen molar-refractivity contribution in [3.05, 3.63) is 63.7 Å². The van der Waals surface area contributed by atoms with Crippen molar-refractivity contribution in [3.8, 4) is 11.8 Å². The summed E-state index contributed by atoms with van der Waals surface area (Å²) >= 11 is 5.93. The molecule has 1 fully saturated rings. The number of rotatable bonds is 7. The fourth-order valence-corrected chi connectivity index (χ4v) is 4.17. The molecule has 1 unspecified atom stereocenters. The molecule has 0 N–H and O–H groups in total. The Balaban J connectivity index is 1.60. The molecule has 5 nitrogen and oxygen atoms in total. The van der Waals surface area contributed by atoms with Gasteiger partial charge in [0.1, 0.15) is 5.75 Å². The molecule has 164 valence electrons. The maximum Gasteiger partial charge on any atom is 0.253 e. The Bertz CT molecular complexity index is 944. The van der Waals surface area contributed by atoms with Crippen molar-refractivity contribution in [2.45, 2.75) is 39.7 Å². The maximum absolute atomic E-state index is 12.8. The molecule has 2 aromatic rings.